The second kappa shape index (κ2) is 6.26. The monoisotopic (exact) mass is 357 g/mol. The van der Waals surface area contributed by atoms with Crippen molar-refractivity contribution in [1.29, 1.82) is 0 Å². The molecule has 26 heavy (non-hydrogen) atoms. The Morgan fingerprint density at radius 2 is 1.65 bits per heavy atom. The van der Waals surface area contributed by atoms with Gasteiger partial charge in [0.1, 0.15) is 0 Å². The highest BCUT2D eigenvalue weighted by molar-refractivity contribution is 7.10. The minimum Gasteiger partial charge on any atom is -0.325 e. The van der Waals surface area contributed by atoms with Crippen LogP contribution in [0.2, 0.25) is 0 Å². The number of benzene rings is 2. The molecule has 3 heteroatoms. The van der Waals surface area contributed by atoms with Gasteiger partial charge in [0.2, 0.25) is 5.91 Å². The van der Waals surface area contributed by atoms with Gasteiger partial charge >= 0.3 is 0 Å². The molecule has 2 aliphatic rings. The van der Waals surface area contributed by atoms with Gasteiger partial charge in [0.25, 0.3) is 0 Å². The molecule has 1 amide bonds. The molecule has 1 aliphatic heterocycles. The lowest BCUT2D eigenvalue weighted by atomic mass is 9.72. The van der Waals surface area contributed by atoms with Crippen LogP contribution in [0.25, 0.3) is 5.70 Å². The van der Waals surface area contributed by atoms with E-state index in [2.05, 4.69) is 59.2 Å². The van der Waals surface area contributed by atoms with Gasteiger partial charge in [-0.2, -0.15) is 0 Å². The topological polar surface area (TPSA) is 29.1 Å². The predicted octanol–water partition coefficient (Wildman–Crippen LogP) is 5.10. The smallest absolute Gasteiger partial charge is 0.232 e. The molecule has 0 fully saturated rings. The number of fused-ring (bicyclic) bond motifs is 2. The zero-order valence-corrected chi connectivity index (χ0v) is 15.1. The number of rotatable bonds is 2. The average molecular weight is 357 g/mol. The molecule has 0 radical (unpaired) electrons. The van der Waals surface area contributed by atoms with Crippen LogP contribution in [0, 0.1) is 0 Å². The Kier molecular flexibility index (Phi) is 3.75. The van der Waals surface area contributed by atoms with Crippen molar-refractivity contribution in [2.75, 3.05) is 0 Å². The van der Waals surface area contributed by atoms with Crippen LogP contribution in [-0.2, 0) is 11.2 Å². The normalized spacial score (nSPS) is 21.8. The molecule has 0 bridgehead atoms. The molecule has 1 N–H and O–H groups in total. The second-order valence-electron chi connectivity index (χ2n) is 6.93. The lowest BCUT2D eigenvalue weighted by molar-refractivity contribution is -0.122. The number of carbonyl (C=O) groups excluding carboxylic acids is 1. The van der Waals surface area contributed by atoms with Gasteiger partial charge in [-0.1, -0.05) is 60.7 Å². The molecule has 0 saturated carbocycles. The number of nitrogens with one attached hydrogen (secondary N) is 1. The largest absolute Gasteiger partial charge is 0.325 e. The van der Waals surface area contributed by atoms with Gasteiger partial charge in [0.05, 0.1) is 5.92 Å². The number of carbonyl (C=O) groups is 1. The summed E-state index contributed by atoms with van der Waals surface area (Å²) in [4.78, 5) is 14.5. The third-order valence-electron chi connectivity index (χ3n) is 5.52. The highest BCUT2D eigenvalue weighted by atomic mass is 32.1. The van der Waals surface area contributed by atoms with Gasteiger partial charge in [-0.25, -0.2) is 0 Å². The highest BCUT2D eigenvalue weighted by Gasteiger charge is 2.41. The Hall–Kier alpha value is -2.65. The van der Waals surface area contributed by atoms with Crippen molar-refractivity contribution in [3.63, 3.8) is 0 Å². The van der Waals surface area contributed by atoms with E-state index in [-0.39, 0.29) is 17.7 Å². The molecule has 1 aliphatic carbocycles. The zero-order chi connectivity index (χ0) is 17.5. The van der Waals surface area contributed by atoms with Crippen molar-refractivity contribution in [2.45, 2.75) is 24.7 Å². The molecule has 2 unspecified atom stereocenters. The van der Waals surface area contributed by atoms with Crippen LogP contribution in [0.3, 0.4) is 0 Å². The van der Waals surface area contributed by atoms with Crippen molar-refractivity contribution >= 4 is 22.9 Å². The molecule has 2 aromatic carbocycles. The van der Waals surface area contributed by atoms with E-state index in [1.807, 2.05) is 18.2 Å². The first-order chi connectivity index (χ1) is 12.8. The first kappa shape index (κ1) is 15.6. The summed E-state index contributed by atoms with van der Waals surface area (Å²) in [6.07, 6.45) is 2.03. The maximum atomic E-state index is 13.2. The summed E-state index contributed by atoms with van der Waals surface area (Å²) in [6, 6.07) is 22.9. The summed E-state index contributed by atoms with van der Waals surface area (Å²) in [5.41, 5.74) is 6.03. The molecule has 5 rings (SSSR count). The number of allylic oxidation sites excluding steroid dienone is 1. The van der Waals surface area contributed by atoms with Gasteiger partial charge in [0, 0.05) is 22.1 Å². The van der Waals surface area contributed by atoms with Crippen molar-refractivity contribution in [3.8, 4) is 0 Å². The van der Waals surface area contributed by atoms with Crippen molar-refractivity contribution in [2.24, 2.45) is 0 Å². The second-order valence-corrected chi connectivity index (χ2v) is 7.91. The van der Waals surface area contributed by atoms with Gasteiger partial charge in [-0.05, 0) is 41.0 Å². The average Bonchev–Trinajstić information content (AvgIpc) is 3.22. The van der Waals surface area contributed by atoms with Crippen molar-refractivity contribution in [1.82, 2.24) is 5.32 Å². The first-order valence-corrected chi connectivity index (χ1v) is 9.91. The summed E-state index contributed by atoms with van der Waals surface area (Å²) >= 11 is 1.75. The maximum Gasteiger partial charge on any atom is 0.232 e. The highest BCUT2D eigenvalue weighted by Crippen LogP contribution is 2.49. The van der Waals surface area contributed by atoms with E-state index in [0.717, 1.165) is 24.1 Å². The lowest BCUT2D eigenvalue weighted by Gasteiger charge is -2.38. The maximum absolute atomic E-state index is 13.2. The summed E-state index contributed by atoms with van der Waals surface area (Å²) in [5.74, 6) is 0.0541. The standard InChI is InChI=1S/C23H19NOS/c25-23-20(16-8-2-1-3-9-16)21(19-11-6-14-26-19)18-13-12-15-7-4-5-10-17(15)22(18)24-23/h1-11,14,20-21H,12-13H2,(H,24,25). The fourth-order valence-electron chi connectivity index (χ4n) is 4.37. The summed E-state index contributed by atoms with van der Waals surface area (Å²) < 4.78 is 0. The number of aryl methyl sites for hydroxylation is 1. The third kappa shape index (κ3) is 2.43. The third-order valence-corrected chi connectivity index (χ3v) is 6.47. The molecule has 2 atom stereocenters. The van der Waals surface area contributed by atoms with Crippen LogP contribution < -0.4 is 5.32 Å². The van der Waals surface area contributed by atoms with Crippen LogP contribution in [0.1, 0.15) is 39.8 Å². The fraction of sp³-hybridized carbons (Fsp3) is 0.174. The summed E-state index contributed by atoms with van der Waals surface area (Å²) in [5, 5.41) is 5.37. The molecular weight excluding hydrogens is 338 g/mol. The van der Waals surface area contributed by atoms with Crippen molar-refractivity contribution < 1.29 is 4.79 Å². The van der Waals surface area contributed by atoms with E-state index in [1.54, 1.807) is 11.3 Å². The Labute approximate surface area is 157 Å². The number of thiophene rings is 1. The van der Waals surface area contributed by atoms with E-state index in [1.165, 1.54) is 21.6 Å². The Balaban J connectivity index is 1.72. The molecular formula is C23H19NOS. The van der Waals surface area contributed by atoms with E-state index < -0.39 is 0 Å². The number of amides is 1. The van der Waals surface area contributed by atoms with Crippen LogP contribution in [0.5, 0.6) is 0 Å². The van der Waals surface area contributed by atoms with Crippen LogP contribution in [0.4, 0.5) is 0 Å². The molecule has 1 aromatic heterocycles. The molecule has 0 spiro atoms. The molecule has 2 nitrogen and oxygen atoms in total. The minimum atomic E-state index is -0.168. The summed E-state index contributed by atoms with van der Waals surface area (Å²) in [7, 11) is 0. The first-order valence-electron chi connectivity index (χ1n) is 9.03. The van der Waals surface area contributed by atoms with Crippen molar-refractivity contribution in [3.05, 3.63) is 99.3 Å². The molecule has 2 heterocycles. The molecule has 0 saturated heterocycles. The van der Waals surface area contributed by atoms with E-state index in [4.69, 9.17) is 0 Å². The molecule has 3 aromatic rings. The van der Waals surface area contributed by atoms with E-state index >= 15 is 0 Å². The Morgan fingerprint density at radius 1 is 0.846 bits per heavy atom. The Bertz CT molecular complexity index is 988. The SMILES string of the molecule is O=C1NC2=C(CCc3ccccc32)C(c2cccs2)C1c1ccccc1. The number of hydrogen-bond donors (Lipinski definition) is 1. The quantitative estimate of drug-likeness (QED) is 0.679. The summed E-state index contributed by atoms with van der Waals surface area (Å²) in [6.45, 7) is 0. The van der Waals surface area contributed by atoms with Crippen LogP contribution >= 0.6 is 11.3 Å². The van der Waals surface area contributed by atoms with Gasteiger partial charge < -0.3 is 5.32 Å². The van der Waals surface area contributed by atoms with Crippen LogP contribution in [0.15, 0.2) is 77.7 Å². The molecule has 128 valence electrons. The van der Waals surface area contributed by atoms with E-state index in [9.17, 15) is 4.79 Å². The zero-order valence-electron chi connectivity index (χ0n) is 14.3. The number of hydrogen-bond acceptors (Lipinski definition) is 2. The fourth-order valence-corrected chi connectivity index (χ4v) is 5.27. The Morgan fingerprint density at radius 3 is 2.46 bits per heavy atom. The van der Waals surface area contributed by atoms with E-state index in [0.29, 0.717) is 0 Å². The van der Waals surface area contributed by atoms with Gasteiger partial charge in [-0.3, -0.25) is 4.79 Å². The lowest BCUT2D eigenvalue weighted by Crippen LogP contribution is -2.39. The van der Waals surface area contributed by atoms with Gasteiger partial charge in [-0.15, -0.1) is 11.3 Å². The minimum absolute atomic E-state index is 0.102. The predicted molar refractivity (Wildman–Crippen MR) is 106 cm³/mol. The van der Waals surface area contributed by atoms with Gasteiger partial charge in [0.15, 0.2) is 0 Å². The van der Waals surface area contributed by atoms with Crippen LogP contribution in [-0.4, -0.2) is 5.91 Å².